The fourth-order valence-corrected chi connectivity index (χ4v) is 4.77. The summed E-state index contributed by atoms with van der Waals surface area (Å²) in [5.74, 6) is -4.98. The normalized spacial score (nSPS) is 13.9. The summed E-state index contributed by atoms with van der Waals surface area (Å²) in [4.78, 5) is 62.0. The Hall–Kier alpha value is -0.665. The van der Waals surface area contributed by atoms with Crippen LogP contribution in [0, 0.1) is 51.8 Å². The van der Waals surface area contributed by atoms with E-state index in [0.29, 0.717) is 0 Å². The molecular formula is C24H45GdN3O12S2+3. The number of aliphatic carboxylic acids is 3. The van der Waals surface area contributed by atoms with Crippen LogP contribution in [0.5, 0.6) is 0 Å². The van der Waals surface area contributed by atoms with Gasteiger partial charge in [0.25, 0.3) is 0 Å². The molecule has 15 nitrogen and oxygen atoms in total. The third kappa shape index (κ3) is 21.9. The van der Waals surface area contributed by atoms with Crippen LogP contribution in [-0.2, 0) is 28.7 Å². The first-order valence-corrected chi connectivity index (χ1v) is 14.0. The Morgan fingerprint density at radius 3 is 1.33 bits per heavy atom. The zero-order valence-corrected chi connectivity index (χ0v) is 27.8. The third-order valence-electron chi connectivity index (χ3n) is 6.14. The Morgan fingerprint density at radius 2 is 1.02 bits per heavy atom. The molecule has 7 N–H and O–H groups in total. The number of carbonyl (C=O) groups excluding carboxylic acids is 2. The van der Waals surface area contributed by atoms with E-state index in [9.17, 15) is 49.5 Å². The van der Waals surface area contributed by atoms with E-state index in [4.69, 9.17) is 0 Å². The van der Waals surface area contributed by atoms with E-state index >= 15 is 0 Å². The summed E-state index contributed by atoms with van der Waals surface area (Å²) in [6, 6.07) is 0. The van der Waals surface area contributed by atoms with Gasteiger partial charge in [0, 0.05) is 56.7 Å². The average Bonchev–Trinajstić information content (AvgIpc) is 2.85. The first-order valence-electron chi connectivity index (χ1n) is 12.7. The molecule has 4 unspecified atom stereocenters. The predicted octanol–water partition coefficient (Wildman–Crippen LogP) is -2.32. The summed E-state index contributed by atoms with van der Waals surface area (Å²) < 4.78 is 4.67. The molecule has 0 aromatic carbocycles. The minimum absolute atomic E-state index is 0. The largest absolute Gasteiger partial charge is 3.00 e. The number of hydrogen-bond donors (Lipinski definition) is 7. The van der Waals surface area contributed by atoms with Crippen LogP contribution >= 0.6 is 25.3 Å². The molecule has 0 aliphatic rings. The maximum absolute atomic E-state index is 11.8. The van der Waals surface area contributed by atoms with Crippen molar-refractivity contribution in [1.82, 2.24) is 14.7 Å². The number of rotatable bonds is 24. The quantitative estimate of drug-likeness (QED) is 0.0402. The van der Waals surface area contributed by atoms with Gasteiger partial charge < -0.3 is 35.7 Å². The molecule has 4 atom stereocenters. The first kappa shape index (κ1) is 45.8. The third-order valence-corrected chi connectivity index (χ3v) is 7.02. The Morgan fingerprint density at radius 1 is 0.690 bits per heavy atom. The molecule has 0 spiro atoms. The van der Waals surface area contributed by atoms with Gasteiger partial charge in [0.15, 0.2) is 0 Å². The summed E-state index contributed by atoms with van der Waals surface area (Å²) in [6.07, 6.45) is -1.99. The van der Waals surface area contributed by atoms with Crippen LogP contribution in [0.15, 0.2) is 0 Å². The van der Waals surface area contributed by atoms with Gasteiger partial charge in [-0.3, -0.25) is 38.7 Å². The van der Waals surface area contributed by atoms with E-state index in [0.717, 1.165) is 0 Å². The van der Waals surface area contributed by atoms with E-state index in [1.807, 2.05) is 0 Å². The van der Waals surface area contributed by atoms with Crippen molar-refractivity contribution in [3.8, 4) is 0 Å². The van der Waals surface area contributed by atoms with Gasteiger partial charge in [-0.2, -0.15) is 25.3 Å². The molecule has 245 valence electrons. The number of carboxylic acid groups (broad SMARTS) is 3. The summed E-state index contributed by atoms with van der Waals surface area (Å²) in [7, 11) is 1.21. The zero-order chi connectivity index (χ0) is 30.8. The summed E-state index contributed by atoms with van der Waals surface area (Å²) in [6.45, 7) is 0.242. The van der Waals surface area contributed by atoms with Gasteiger partial charge in [0.1, 0.15) is 5.78 Å². The van der Waals surface area contributed by atoms with Crippen LogP contribution in [0.2, 0.25) is 0 Å². The molecule has 0 saturated carbocycles. The first-order chi connectivity index (χ1) is 18.7. The van der Waals surface area contributed by atoms with Crippen LogP contribution in [0.25, 0.3) is 0 Å². The van der Waals surface area contributed by atoms with E-state index < -0.39 is 67.6 Å². The van der Waals surface area contributed by atoms with Gasteiger partial charge in [0.05, 0.1) is 44.9 Å². The maximum Gasteiger partial charge on any atom is 3.00 e. The van der Waals surface area contributed by atoms with Crippen molar-refractivity contribution >= 4 is 54.9 Å². The smallest absolute Gasteiger partial charge is 0.480 e. The molecule has 0 rings (SSSR count). The molecule has 0 aliphatic carbocycles. The molecule has 18 heteroatoms. The SMILES string of the molecule is COC(=O)C(CS)CC(O)CN(CCN(CCN(CC(=O)O)CC(O)CC(CS)C(C)=O)CC(=O)O)CC(=O)O.O.[Gd+3]. The topological polar surface area (TPSA) is 237 Å². The van der Waals surface area contributed by atoms with E-state index in [2.05, 4.69) is 30.0 Å². The number of hydrogen-bond acceptors (Lipinski definition) is 13. The van der Waals surface area contributed by atoms with E-state index in [1.54, 1.807) is 0 Å². The van der Waals surface area contributed by atoms with Gasteiger partial charge in [-0.25, -0.2) is 0 Å². The van der Waals surface area contributed by atoms with Crippen molar-refractivity contribution in [3.63, 3.8) is 0 Å². The number of carbonyl (C=O) groups is 5. The molecule has 0 heterocycles. The number of ketones is 1. The van der Waals surface area contributed by atoms with Gasteiger partial charge in [0.2, 0.25) is 0 Å². The monoisotopic (exact) mass is 789 g/mol. The number of nitrogens with zero attached hydrogens (tertiary/aromatic N) is 3. The number of Topliss-reactive ketones (excluding diaryl/α,β-unsaturated/α-hetero) is 1. The second-order valence-electron chi connectivity index (χ2n) is 9.60. The summed E-state index contributed by atoms with van der Waals surface area (Å²) >= 11 is 8.19. The molecule has 1 radical (unpaired) electrons. The molecule has 42 heavy (non-hydrogen) atoms. The number of thiol groups is 2. The van der Waals surface area contributed by atoms with Crippen LogP contribution in [0.3, 0.4) is 0 Å². The van der Waals surface area contributed by atoms with Crippen molar-refractivity contribution in [2.45, 2.75) is 32.0 Å². The molecule has 0 amide bonds. The molecule has 0 aliphatic heterocycles. The number of esters is 1. The minimum Gasteiger partial charge on any atom is -0.480 e. The standard InChI is InChI=1S/C24H43N3O11S2.Gd.H2O/c1-16(28)17(14-39)7-19(29)9-26(12-22(33)34)5-3-25(11-21(31)32)4-6-27(13-23(35)36)10-20(30)8-18(15-40)24(37)38-2;;/h17-20,29-30,39-40H,3-15H2,1-2H3,(H,31,32)(H,33,34)(H,35,36);;1H2/q;+3;. The zero-order valence-electron chi connectivity index (χ0n) is 23.8. The Labute approximate surface area is 288 Å². The minimum atomic E-state index is -1.16. The number of methoxy groups -OCH3 is 1. The van der Waals surface area contributed by atoms with Gasteiger partial charge in [-0.1, -0.05) is 0 Å². The van der Waals surface area contributed by atoms with Crippen LogP contribution in [0.1, 0.15) is 19.8 Å². The number of carboxylic acids is 3. The van der Waals surface area contributed by atoms with Crippen molar-refractivity contribution in [3.05, 3.63) is 0 Å². The number of ether oxygens (including phenoxy) is 1. The van der Waals surface area contributed by atoms with Gasteiger partial charge in [-0.05, 0) is 19.8 Å². The summed E-state index contributed by atoms with van der Waals surface area (Å²) in [5, 5.41) is 48.8. The molecule has 0 fully saturated rings. The van der Waals surface area contributed by atoms with Crippen LogP contribution < -0.4 is 0 Å². The second kappa shape index (κ2) is 25.6. The fraction of sp³-hybridized carbons (Fsp3) is 0.792. The van der Waals surface area contributed by atoms with Crippen molar-refractivity contribution in [1.29, 1.82) is 0 Å². The van der Waals surface area contributed by atoms with Crippen molar-refractivity contribution in [2.24, 2.45) is 11.8 Å². The predicted molar refractivity (Wildman–Crippen MR) is 154 cm³/mol. The Kier molecular flexibility index (Phi) is 27.9. The molecule has 0 aromatic rings. The molecule has 0 bridgehead atoms. The Bertz CT molecular complexity index is 830. The molecule has 0 aromatic heterocycles. The number of aliphatic hydroxyl groups excluding tert-OH is 2. The van der Waals surface area contributed by atoms with Crippen LogP contribution in [-0.4, -0.2) is 165 Å². The fourth-order valence-electron chi connectivity index (χ4n) is 4.06. The Balaban J connectivity index is -0.00000760. The average molecular weight is 789 g/mol. The molecular weight excluding hydrogens is 744 g/mol. The van der Waals surface area contributed by atoms with Crippen molar-refractivity contribution in [2.75, 3.05) is 77.5 Å². The number of aliphatic hydroxyl groups is 2. The van der Waals surface area contributed by atoms with Gasteiger partial charge >= 0.3 is 63.8 Å². The van der Waals surface area contributed by atoms with E-state index in [1.165, 1.54) is 28.7 Å². The van der Waals surface area contributed by atoms with Crippen molar-refractivity contribution < 1.29 is 99.7 Å². The second-order valence-corrected chi connectivity index (χ2v) is 10.3. The summed E-state index contributed by atoms with van der Waals surface area (Å²) in [5.41, 5.74) is 0. The molecule has 0 saturated heterocycles. The van der Waals surface area contributed by atoms with E-state index in [-0.39, 0.29) is 115 Å². The van der Waals surface area contributed by atoms with Gasteiger partial charge in [-0.15, -0.1) is 0 Å². The maximum atomic E-state index is 11.8. The van der Waals surface area contributed by atoms with Crippen LogP contribution in [0.4, 0.5) is 0 Å².